The number of nitrogens with two attached hydrogens (primary N) is 1. The maximum Gasteiger partial charge on any atom is 0.118 e. The molecule has 1 aromatic heterocycles. The van der Waals surface area contributed by atoms with Gasteiger partial charge in [-0.15, -0.1) is 0 Å². The molecule has 2 N–H and O–H groups in total. The first-order chi connectivity index (χ1) is 8.08. The molecule has 3 nitrogen and oxygen atoms in total. The Balaban J connectivity index is 2.10. The second-order valence-corrected chi connectivity index (χ2v) is 5.47. The molecule has 1 aliphatic rings. The van der Waals surface area contributed by atoms with Crippen LogP contribution < -0.4 is 5.73 Å². The SMILES string of the molecule is Cc1ccc(CN(C)C2(CN)CCCC2C)o1. The fourth-order valence-corrected chi connectivity index (χ4v) is 3.22. The molecule has 0 bridgehead atoms. The normalized spacial score (nSPS) is 29.1. The van der Waals surface area contributed by atoms with Crippen molar-refractivity contribution in [2.45, 2.75) is 45.2 Å². The van der Waals surface area contributed by atoms with Crippen molar-refractivity contribution >= 4 is 0 Å². The zero-order chi connectivity index (χ0) is 12.5. The molecule has 0 radical (unpaired) electrons. The molecule has 1 aromatic rings. The zero-order valence-electron chi connectivity index (χ0n) is 11.2. The summed E-state index contributed by atoms with van der Waals surface area (Å²) in [7, 11) is 2.17. The van der Waals surface area contributed by atoms with Gasteiger partial charge in [0.2, 0.25) is 0 Å². The number of rotatable bonds is 4. The number of furan rings is 1. The first kappa shape index (κ1) is 12.7. The van der Waals surface area contributed by atoms with E-state index in [2.05, 4.69) is 24.9 Å². The fourth-order valence-electron chi connectivity index (χ4n) is 3.22. The molecule has 0 aliphatic heterocycles. The quantitative estimate of drug-likeness (QED) is 0.873. The highest BCUT2D eigenvalue weighted by atomic mass is 16.3. The van der Waals surface area contributed by atoms with E-state index in [1.165, 1.54) is 19.3 Å². The van der Waals surface area contributed by atoms with Crippen molar-refractivity contribution in [2.24, 2.45) is 11.7 Å². The van der Waals surface area contributed by atoms with Crippen molar-refractivity contribution in [1.29, 1.82) is 0 Å². The number of aryl methyl sites for hydroxylation is 1. The topological polar surface area (TPSA) is 42.4 Å². The highest BCUT2D eigenvalue weighted by Crippen LogP contribution is 2.39. The van der Waals surface area contributed by atoms with Crippen LogP contribution in [0.3, 0.4) is 0 Å². The minimum absolute atomic E-state index is 0.167. The summed E-state index contributed by atoms with van der Waals surface area (Å²) in [5.74, 6) is 2.69. The van der Waals surface area contributed by atoms with Gasteiger partial charge in [-0.05, 0) is 44.9 Å². The van der Waals surface area contributed by atoms with Crippen LogP contribution >= 0.6 is 0 Å². The van der Waals surface area contributed by atoms with Gasteiger partial charge in [0, 0.05) is 12.1 Å². The molecule has 1 fully saturated rings. The minimum atomic E-state index is 0.167. The average molecular weight is 236 g/mol. The Bertz CT molecular complexity index is 374. The molecule has 1 saturated carbocycles. The Morgan fingerprint density at radius 3 is 2.76 bits per heavy atom. The third-order valence-corrected chi connectivity index (χ3v) is 4.47. The van der Waals surface area contributed by atoms with Crippen LogP contribution in [-0.2, 0) is 6.54 Å². The van der Waals surface area contributed by atoms with Crippen molar-refractivity contribution in [3.05, 3.63) is 23.7 Å². The Hall–Kier alpha value is -0.800. The molecule has 0 spiro atoms. The van der Waals surface area contributed by atoms with Crippen molar-refractivity contribution in [3.8, 4) is 0 Å². The molecule has 0 amide bonds. The predicted molar refractivity (Wildman–Crippen MR) is 69.7 cm³/mol. The molecule has 2 unspecified atom stereocenters. The molecular formula is C14H24N2O. The van der Waals surface area contributed by atoms with Crippen LogP contribution in [0.1, 0.15) is 37.7 Å². The average Bonchev–Trinajstić information content (AvgIpc) is 2.86. The summed E-state index contributed by atoms with van der Waals surface area (Å²) in [4.78, 5) is 2.39. The lowest BCUT2D eigenvalue weighted by Gasteiger charge is -2.41. The van der Waals surface area contributed by atoms with Gasteiger partial charge in [0.1, 0.15) is 11.5 Å². The largest absolute Gasteiger partial charge is 0.465 e. The maximum absolute atomic E-state index is 6.05. The molecule has 17 heavy (non-hydrogen) atoms. The summed E-state index contributed by atoms with van der Waals surface area (Å²) in [6.45, 7) is 5.91. The molecule has 2 rings (SSSR count). The van der Waals surface area contributed by atoms with Gasteiger partial charge in [0.05, 0.1) is 6.54 Å². The third kappa shape index (κ3) is 2.26. The summed E-state index contributed by atoms with van der Waals surface area (Å²) < 4.78 is 5.66. The Morgan fingerprint density at radius 1 is 1.53 bits per heavy atom. The summed E-state index contributed by atoms with van der Waals surface area (Å²) in [6, 6.07) is 4.09. The summed E-state index contributed by atoms with van der Waals surface area (Å²) in [5.41, 5.74) is 6.21. The van der Waals surface area contributed by atoms with Gasteiger partial charge in [-0.1, -0.05) is 13.3 Å². The Morgan fingerprint density at radius 2 is 2.29 bits per heavy atom. The predicted octanol–water partition coefficient (Wildman–Crippen LogP) is 2.54. The van der Waals surface area contributed by atoms with E-state index in [1.807, 2.05) is 13.0 Å². The molecule has 3 heteroatoms. The molecule has 96 valence electrons. The Labute approximate surface area is 104 Å². The first-order valence-corrected chi connectivity index (χ1v) is 6.55. The van der Waals surface area contributed by atoms with Crippen molar-refractivity contribution < 1.29 is 4.42 Å². The molecule has 0 aromatic carbocycles. The highest BCUT2D eigenvalue weighted by Gasteiger charge is 2.42. The van der Waals surface area contributed by atoms with E-state index in [1.54, 1.807) is 0 Å². The lowest BCUT2D eigenvalue weighted by atomic mass is 9.86. The van der Waals surface area contributed by atoms with Gasteiger partial charge in [-0.2, -0.15) is 0 Å². The second kappa shape index (κ2) is 4.83. The molecule has 1 heterocycles. The molecule has 0 saturated heterocycles. The van der Waals surface area contributed by atoms with E-state index in [-0.39, 0.29) is 5.54 Å². The van der Waals surface area contributed by atoms with E-state index in [4.69, 9.17) is 10.2 Å². The smallest absolute Gasteiger partial charge is 0.118 e. The minimum Gasteiger partial charge on any atom is -0.465 e. The van der Waals surface area contributed by atoms with Gasteiger partial charge in [-0.25, -0.2) is 0 Å². The van der Waals surface area contributed by atoms with Crippen LogP contribution in [0.25, 0.3) is 0 Å². The van der Waals surface area contributed by atoms with Gasteiger partial charge >= 0.3 is 0 Å². The zero-order valence-corrected chi connectivity index (χ0v) is 11.2. The van der Waals surface area contributed by atoms with E-state index >= 15 is 0 Å². The number of hydrogen-bond donors (Lipinski definition) is 1. The second-order valence-electron chi connectivity index (χ2n) is 5.47. The van der Waals surface area contributed by atoms with Crippen LogP contribution in [0.2, 0.25) is 0 Å². The number of hydrogen-bond acceptors (Lipinski definition) is 3. The van der Waals surface area contributed by atoms with Crippen LogP contribution in [0.5, 0.6) is 0 Å². The van der Waals surface area contributed by atoms with Crippen molar-refractivity contribution in [2.75, 3.05) is 13.6 Å². The standard InChI is InChI=1S/C14H24N2O/c1-11-5-4-8-14(11,10-15)16(3)9-13-7-6-12(2)17-13/h6-7,11H,4-5,8-10,15H2,1-3H3. The van der Waals surface area contributed by atoms with Gasteiger partial charge < -0.3 is 10.2 Å². The highest BCUT2D eigenvalue weighted by molar-refractivity contribution is 5.07. The number of likely N-dealkylation sites (N-methyl/N-ethyl adjacent to an activating group) is 1. The molecule has 1 aliphatic carbocycles. The maximum atomic E-state index is 6.05. The summed E-state index contributed by atoms with van der Waals surface area (Å²) in [6.07, 6.45) is 3.79. The van der Waals surface area contributed by atoms with Crippen molar-refractivity contribution in [1.82, 2.24) is 4.90 Å². The fraction of sp³-hybridized carbons (Fsp3) is 0.714. The lowest BCUT2D eigenvalue weighted by molar-refractivity contribution is 0.0771. The van der Waals surface area contributed by atoms with Gasteiger partial charge in [0.15, 0.2) is 0 Å². The number of nitrogens with zero attached hydrogens (tertiary/aromatic N) is 1. The summed E-state index contributed by atoms with van der Waals surface area (Å²) >= 11 is 0. The van der Waals surface area contributed by atoms with Crippen molar-refractivity contribution in [3.63, 3.8) is 0 Å². The van der Waals surface area contributed by atoms with Crippen LogP contribution in [0.15, 0.2) is 16.5 Å². The van der Waals surface area contributed by atoms with Crippen LogP contribution in [0.4, 0.5) is 0 Å². The summed E-state index contributed by atoms with van der Waals surface area (Å²) in [5, 5.41) is 0. The lowest BCUT2D eigenvalue weighted by Crippen LogP contribution is -2.53. The first-order valence-electron chi connectivity index (χ1n) is 6.55. The van der Waals surface area contributed by atoms with E-state index < -0.39 is 0 Å². The van der Waals surface area contributed by atoms with Crippen LogP contribution in [0, 0.1) is 12.8 Å². The van der Waals surface area contributed by atoms with Gasteiger partial charge in [0.25, 0.3) is 0 Å². The monoisotopic (exact) mass is 236 g/mol. The van der Waals surface area contributed by atoms with E-state index in [0.717, 1.165) is 24.6 Å². The third-order valence-electron chi connectivity index (χ3n) is 4.47. The van der Waals surface area contributed by atoms with Crippen LogP contribution in [-0.4, -0.2) is 24.0 Å². The molecular weight excluding hydrogens is 212 g/mol. The van der Waals surface area contributed by atoms with Gasteiger partial charge in [-0.3, -0.25) is 4.90 Å². The Kier molecular flexibility index (Phi) is 3.59. The van der Waals surface area contributed by atoms with E-state index in [0.29, 0.717) is 5.92 Å². The van der Waals surface area contributed by atoms with E-state index in [9.17, 15) is 0 Å². The molecule has 2 atom stereocenters.